The van der Waals surface area contributed by atoms with E-state index in [0.717, 1.165) is 19.3 Å². The monoisotopic (exact) mass is 513 g/mol. The molecule has 2 atom stereocenters. The number of aliphatic hydroxyl groups excluding tert-OH is 2. The predicted octanol–water partition coefficient (Wildman–Crippen LogP) is -1.38. The molecule has 0 aliphatic carbocycles. The van der Waals surface area contributed by atoms with Crippen molar-refractivity contribution in [3.8, 4) is 0 Å². The van der Waals surface area contributed by atoms with Gasteiger partial charge in [0.1, 0.15) is 6.61 Å². The fourth-order valence-corrected chi connectivity index (χ4v) is 3.33. The molecule has 0 aliphatic heterocycles. The zero-order chi connectivity index (χ0) is 27.2. The lowest BCUT2D eigenvalue weighted by atomic mass is 9.94. The first kappa shape index (κ1) is 34.3. The molecule has 0 radical (unpaired) electrons. The molecular weight excluding hydrogens is 466 g/mol. The zero-order valence-corrected chi connectivity index (χ0v) is 20.7. The fraction of sp³-hybridized carbons (Fsp3) is 0.913. The number of allylic oxidation sites excluding steroid dienone is 1. The second-order valence-corrected chi connectivity index (χ2v) is 9.15. The first-order valence-electron chi connectivity index (χ1n) is 12.3. The van der Waals surface area contributed by atoms with Crippen molar-refractivity contribution in [1.82, 2.24) is 0 Å². The predicted molar refractivity (Wildman–Crippen MR) is 126 cm³/mol. The number of nitrogens with two attached hydrogens (primary N) is 1. The normalized spacial score (nSPS) is 15.7. The maximum Gasteiger partial charge on any atom is 0.341 e. The Morgan fingerprint density at radius 1 is 0.743 bits per heavy atom. The number of unbranched alkanes of at least 4 members (excludes halogenated alkanes) is 11. The third kappa shape index (κ3) is 11.0. The Morgan fingerprint density at radius 3 is 1.66 bits per heavy atom. The van der Waals surface area contributed by atoms with Gasteiger partial charge in [-0.05, 0) is 12.8 Å². The van der Waals surface area contributed by atoms with E-state index >= 15 is 0 Å². The average Bonchev–Trinajstić information content (AvgIpc) is 2.79. The van der Waals surface area contributed by atoms with Crippen LogP contribution < -0.4 is 5.73 Å². The van der Waals surface area contributed by atoms with Gasteiger partial charge in [0.25, 0.3) is 5.79 Å². The van der Waals surface area contributed by atoms with Gasteiger partial charge in [0.05, 0.1) is 18.8 Å². The van der Waals surface area contributed by atoms with Crippen LogP contribution >= 0.6 is 0 Å². The Kier molecular flexibility index (Phi) is 15.8. The van der Waals surface area contributed by atoms with E-state index in [1.54, 1.807) is 6.08 Å². The maximum atomic E-state index is 10.0. The standard InChI is InChI=1S/C23H47NO11/c1-2-3-4-5-6-7-8-9-10-11-12-13-14-15-19(26)18(24)16-35-23(33,34)22(31,32)21(29,30)20(27,28)17-25/h14-15,18-19,25-34H,2-13,16-17,24H2,1H3. The molecule has 0 rings (SSSR count). The van der Waals surface area contributed by atoms with Crippen LogP contribution in [-0.4, -0.2) is 99.8 Å². The molecule has 210 valence electrons. The summed E-state index contributed by atoms with van der Waals surface area (Å²) in [6.45, 7) is -0.531. The molecule has 12 N–H and O–H groups in total. The molecular formula is C23H47NO11. The van der Waals surface area contributed by atoms with E-state index in [1.165, 1.54) is 57.4 Å². The van der Waals surface area contributed by atoms with E-state index in [4.69, 9.17) is 10.8 Å². The third-order valence-electron chi connectivity index (χ3n) is 5.94. The van der Waals surface area contributed by atoms with Crippen LogP contribution in [0.5, 0.6) is 0 Å². The Bertz CT molecular complexity index is 582. The second-order valence-electron chi connectivity index (χ2n) is 9.15. The highest BCUT2D eigenvalue weighted by molar-refractivity contribution is 4.98. The first-order valence-corrected chi connectivity index (χ1v) is 12.3. The van der Waals surface area contributed by atoms with Gasteiger partial charge in [-0.15, -0.1) is 0 Å². The van der Waals surface area contributed by atoms with Crippen molar-refractivity contribution >= 4 is 0 Å². The smallest absolute Gasteiger partial charge is 0.341 e. The molecule has 0 aromatic carbocycles. The van der Waals surface area contributed by atoms with E-state index in [-0.39, 0.29) is 0 Å². The Hall–Kier alpha value is -0.740. The Morgan fingerprint density at radius 2 is 1.20 bits per heavy atom. The van der Waals surface area contributed by atoms with Gasteiger partial charge in [-0.3, -0.25) is 0 Å². The highest BCUT2D eigenvalue weighted by Gasteiger charge is 2.71. The third-order valence-corrected chi connectivity index (χ3v) is 5.94. The largest absolute Gasteiger partial charge is 0.391 e. The van der Waals surface area contributed by atoms with Crippen molar-refractivity contribution < 1.29 is 55.8 Å². The van der Waals surface area contributed by atoms with Crippen LogP contribution in [-0.2, 0) is 4.74 Å². The van der Waals surface area contributed by atoms with Gasteiger partial charge in [0.15, 0.2) is 0 Å². The lowest BCUT2D eigenvalue weighted by molar-refractivity contribution is -0.550. The SMILES string of the molecule is CCCCCCCCCCCCCC=CC(O)C(N)COC(O)(O)C(O)(O)C(O)(O)C(O)(O)CO. The van der Waals surface area contributed by atoms with Crippen molar-refractivity contribution in [2.24, 2.45) is 5.73 Å². The highest BCUT2D eigenvalue weighted by atomic mass is 16.8. The Labute approximate surface area is 206 Å². The highest BCUT2D eigenvalue weighted by Crippen LogP contribution is 2.35. The minimum Gasteiger partial charge on any atom is -0.391 e. The lowest BCUT2D eigenvalue weighted by Crippen LogP contribution is -2.77. The molecule has 0 heterocycles. The summed E-state index contributed by atoms with van der Waals surface area (Å²) in [5.41, 5.74) is 5.66. The summed E-state index contributed by atoms with van der Waals surface area (Å²) < 4.78 is 4.39. The summed E-state index contributed by atoms with van der Waals surface area (Å²) >= 11 is 0. The summed E-state index contributed by atoms with van der Waals surface area (Å²) in [4.78, 5) is 0. The van der Waals surface area contributed by atoms with Crippen molar-refractivity contribution in [2.45, 2.75) is 119 Å². The van der Waals surface area contributed by atoms with Crippen molar-refractivity contribution in [3.63, 3.8) is 0 Å². The summed E-state index contributed by atoms with van der Waals surface area (Å²) in [6, 6.07) is -1.30. The molecule has 0 spiro atoms. The quantitative estimate of drug-likeness (QED) is 0.0484. The van der Waals surface area contributed by atoms with Crippen LogP contribution in [0, 0.1) is 0 Å². The molecule has 0 saturated heterocycles. The van der Waals surface area contributed by atoms with Crippen LogP contribution in [0.1, 0.15) is 84.0 Å². The van der Waals surface area contributed by atoms with Crippen molar-refractivity contribution in [1.29, 1.82) is 0 Å². The van der Waals surface area contributed by atoms with Gasteiger partial charge in [0.2, 0.25) is 5.79 Å². The molecule has 0 amide bonds. The number of hydrogen-bond acceptors (Lipinski definition) is 12. The summed E-state index contributed by atoms with van der Waals surface area (Å²) in [6.07, 6.45) is 15.7. The first-order chi connectivity index (χ1) is 16.2. The number of hydrogen-bond donors (Lipinski definition) is 11. The summed E-state index contributed by atoms with van der Waals surface area (Å²) in [7, 11) is 0. The van der Waals surface area contributed by atoms with Crippen molar-refractivity contribution in [3.05, 3.63) is 12.2 Å². The summed E-state index contributed by atoms with van der Waals surface area (Å²) in [5, 5.41) is 95.4. The van der Waals surface area contributed by atoms with Gasteiger partial charge >= 0.3 is 11.8 Å². The van der Waals surface area contributed by atoms with Gasteiger partial charge in [-0.1, -0.05) is 83.3 Å². The molecule has 0 fully saturated rings. The van der Waals surface area contributed by atoms with Gasteiger partial charge < -0.3 is 61.5 Å². The number of rotatable bonds is 21. The van der Waals surface area contributed by atoms with Gasteiger partial charge in [-0.25, -0.2) is 0 Å². The van der Waals surface area contributed by atoms with E-state index in [0.29, 0.717) is 6.42 Å². The topological polar surface area (TPSA) is 238 Å². The van der Waals surface area contributed by atoms with E-state index in [9.17, 15) is 46.0 Å². The lowest BCUT2D eigenvalue weighted by Gasteiger charge is -2.46. The van der Waals surface area contributed by atoms with Crippen LogP contribution in [0.2, 0.25) is 0 Å². The van der Waals surface area contributed by atoms with Crippen molar-refractivity contribution in [2.75, 3.05) is 13.2 Å². The fourth-order valence-electron chi connectivity index (χ4n) is 3.33. The molecule has 0 aromatic rings. The molecule has 12 heteroatoms. The molecule has 0 saturated carbocycles. The molecule has 35 heavy (non-hydrogen) atoms. The van der Waals surface area contributed by atoms with Crippen LogP contribution in [0.15, 0.2) is 12.2 Å². The minimum absolute atomic E-state index is 0.690. The maximum absolute atomic E-state index is 10.0. The summed E-state index contributed by atoms with van der Waals surface area (Å²) in [5.74, 6) is -17.2. The van der Waals surface area contributed by atoms with Gasteiger partial charge in [-0.2, -0.15) is 0 Å². The van der Waals surface area contributed by atoms with E-state index in [1.807, 2.05) is 0 Å². The van der Waals surface area contributed by atoms with Crippen LogP contribution in [0.25, 0.3) is 0 Å². The second kappa shape index (κ2) is 16.2. The molecule has 12 nitrogen and oxygen atoms in total. The number of ether oxygens (including phenoxy) is 1. The number of aliphatic hydroxyl groups is 10. The Balaban J connectivity index is 4.30. The molecule has 0 aromatic heterocycles. The molecule has 2 unspecified atom stereocenters. The van der Waals surface area contributed by atoms with E-state index < -0.39 is 48.7 Å². The van der Waals surface area contributed by atoms with Gasteiger partial charge in [0, 0.05) is 0 Å². The average molecular weight is 514 g/mol. The van der Waals surface area contributed by atoms with Crippen LogP contribution in [0.4, 0.5) is 0 Å². The minimum atomic E-state index is -4.53. The molecule has 0 bridgehead atoms. The zero-order valence-electron chi connectivity index (χ0n) is 20.7. The molecule has 0 aliphatic rings. The van der Waals surface area contributed by atoms with Crippen LogP contribution in [0.3, 0.4) is 0 Å². The van der Waals surface area contributed by atoms with E-state index in [2.05, 4.69) is 11.7 Å².